The second-order valence-corrected chi connectivity index (χ2v) is 6.95. The number of morpholine rings is 1. The zero-order chi connectivity index (χ0) is 18.7. The third-order valence-corrected chi connectivity index (χ3v) is 4.74. The van der Waals surface area contributed by atoms with Crippen molar-refractivity contribution in [2.75, 3.05) is 52.5 Å². The van der Waals surface area contributed by atoms with Gasteiger partial charge in [0.25, 0.3) is 0 Å². The Kier molecular flexibility index (Phi) is 8.11. The summed E-state index contributed by atoms with van der Waals surface area (Å²) in [7, 11) is 0. The molecule has 1 heterocycles. The molecule has 2 aromatic carbocycles. The van der Waals surface area contributed by atoms with E-state index in [0.29, 0.717) is 13.2 Å². The van der Waals surface area contributed by atoms with Crippen LogP contribution in [0.1, 0.15) is 5.56 Å². The molecule has 0 bridgehead atoms. The van der Waals surface area contributed by atoms with Crippen molar-refractivity contribution in [2.24, 2.45) is 0 Å². The highest BCUT2D eigenvalue weighted by Gasteiger charge is 2.16. The van der Waals surface area contributed by atoms with Gasteiger partial charge in [-0.05, 0) is 17.7 Å². The number of para-hydroxylation sites is 1. The topological polar surface area (TPSA) is 45.2 Å². The fourth-order valence-corrected chi connectivity index (χ4v) is 3.24. The maximum atomic E-state index is 10.5. The van der Waals surface area contributed by atoms with Gasteiger partial charge in [-0.15, -0.1) is 0 Å². The molecule has 0 aliphatic carbocycles. The van der Waals surface area contributed by atoms with Crippen LogP contribution in [0.2, 0.25) is 0 Å². The first-order valence-corrected chi connectivity index (χ1v) is 9.72. The number of benzene rings is 2. The molecule has 1 N–H and O–H groups in total. The van der Waals surface area contributed by atoms with Crippen LogP contribution in [0.5, 0.6) is 5.75 Å². The monoisotopic (exact) mass is 370 g/mol. The van der Waals surface area contributed by atoms with Gasteiger partial charge in [0.05, 0.1) is 13.2 Å². The molecule has 1 atom stereocenters. The van der Waals surface area contributed by atoms with Crippen LogP contribution >= 0.6 is 0 Å². The Hall–Kier alpha value is -1.92. The van der Waals surface area contributed by atoms with Crippen molar-refractivity contribution in [3.8, 4) is 5.75 Å². The Morgan fingerprint density at radius 2 is 1.67 bits per heavy atom. The van der Waals surface area contributed by atoms with Crippen LogP contribution in [0.15, 0.2) is 60.7 Å². The molecule has 0 aromatic heterocycles. The molecular weight excluding hydrogens is 340 g/mol. The lowest BCUT2D eigenvalue weighted by atomic mass is 10.2. The first-order valence-electron chi connectivity index (χ1n) is 9.72. The Balaban J connectivity index is 1.51. The molecule has 1 aliphatic heterocycles. The number of hydrogen-bond donors (Lipinski definition) is 1. The minimum absolute atomic E-state index is 0.298. The molecule has 3 rings (SSSR count). The second kappa shape index (κ2) is 11.0. The van der Waals surface area contributed by atoms with Crippen molar-refractivity contribution in [2.45, 2.75) is 12.6 Å². The van der Waals surface area contributed by atoms with Gasteiger partial charge in [-0.1, -0.05) is 48.5 Å². The number of ether oxygens (including phenoxy) is 2. The van der Waals surface area contributed by atoms with Crippen LogP contribution in [0, 0.1) is 0 Å². The molecule has 0 saturated carbocycles. The molecule has 1 fully saturated rings. The van der Waals surface area contributed by atoms with Crippen LogP contribution in [-0.4, -0.2) is 73.6 Å². The highest BCUT2D eigenvalue weighted by Crippen LogP contribution is 2.10. The second-order valence-electron chi connectivity index (χ2n) is 6.95. The lowest BCUT2D eigenvalue weighted by molar-refractivity contribution is 0.0256. The zero-order valence-corrected chi connectivity index (χ0v) is 15.9. The van der Waals surface area contributed by atoms with Gasteiger partial charge < -0.3 is 14.6 Å². The zero-order valence-electron chi connectivity index (χ0n) is 15.9. The standard InChI is InChI=1S/C22H30N2O3/c25-21(19-27-22-9-5-2-6-10-22)18-24(17-20-7-3-1-4-8-20)12-11-23-13-15-26-16-14-23/h1-10,21,25H,11-19H2/t21-/m1/s1. The molecule has 1 saturated heterocycles. The van der Waals surface area contributed by atoms with Crippen molar-refractivity contribution >= 4 is 0 Å². The third kappa shape index (κ3) is 7.31. The quantitative estimate of drug-likeness (QED) is 0.695. The Bertz CT molecular complexity index is 633. The summed E-state index contributed by atoms with van der Waals surface area (Å²) < 4.78 is 11.1. The summed E-state index contributed by atoms with van der Waals surface area (Å²) in [5.41, 5.74) is 1.26. The van der Waals surface area contributed by atoms with Crippen LogP contribution < -0.4 is 4.74 Å². The number of nitrogens with zero attached hydrogens (tertiary/aromatic N) is 2. The number of hydrogen-bond acceptors (Lipinski definition) is 5. The van der Waals surface area contributed by atoms with E-state index in [-0.39, 0.29) is 0 Å². The van der Waals surface area contributed by atoms with Crippen LogP contribution in [0.25, 0.3) is 0 Å². The lowest BCUT2D eigenvalue weighted by Gasteiger charge is -2.31. The summed E-state index contributed by atoms with van der Waals surface area (Å²) in [6, 6.07) is 20.1. The smallest absolute Gasteiger partial charge is 0.119 e. The van der Waals surface area contributed by atoms with Crippen LogP contribution in [0.4, 0.5) is 0 Å². The SMILES string of the molecule is O[C@@H](COc1ccccc1)CN(CCN1CCOCC1)Cc1ccccc1. The molecule has 1 aliphatic rings. The van der Waals surface area contributed by atoms with Gasteiger partial charge in [-0.2, -0.15) is 0 Å². The predicted molar refractivity (Wildman–Crippen MR) is 107 cm³/mol. The molecule has 5 heteroatoms. The van der Waals surface area contributed by atoms with E-state index in [1.807, 2.05) is 36.4 Å². The summed E-state index contributed by atoms with van der Waals surface area (Å²) in [6.45, 7) is 7.21. The first-order chi connectivity index (χ1) is 13.3. The van der Waals surface area contributed by atoms with Crippen LogP contribution in [-0.2, 0) is 11.3 Å². The lowest BCUT2D eigenvalue weighted by Crippen LogP contribution is -2.43. The summed E-state index contributed by atoms with van der Waals surface area (Å²) in [5, 5.41) is 10.5. The van der Waals surface area contributed by atoms with E-state index in [1.165, 1.54) is 5.56 Å². The first kappa shape index (κ1) is 19.8. The van der Waals surface area contributed by atoms with Crippen molar-refractivity contribution in [1.29, 1.82) is 0 Å². The van der Waals surface area contributed by atoms with Gasteiger partial charge in [-0.25, -0.2) is 0 Å². The van der Waals surface area contributed by atoms with Crippen molar-refractivity contribution < 1.29 is 14.6 Å². The number of aliphatic hydroxyl groups excluding tert-OH is 1. The highest BCUT2D eigenvalue weighted by atomic mass is 16.5. The van der Waals surface area contributed by atoms with Crippen molar-refractivity contribution in [3.05, 3.63) is 66.2 Å². The Labute approximate surface area is 162 Å². The van der Waals surface area contributed by atoms with E-state index in [0.717, 1.165) is 51.7 Å². The normalized spacial score (nSPS) is 16.4. The largest absolute Gasteiger partial charge is 0.491 e. The maximum Gasteiger partial charge on any atom is 0.119 e. The average Bonchev–Trinajstić information content (AvgIpc) is 2.73. The van der Waals surface area contributed by atoms with E-state index in [4.69, 9.17) is 9.47 Å². The fourth-order valence-electron chi connectivity index (χ4n) is 3.24. The van der Waals surface area contributed by atoms with E-state index >= 15 is 0 Å². The van der Waals surface area contributed by atoms with Gasteiger partial charge in [0.15, 0.2) is 0 Å². The van der Waals surface area contributed by atoms with Crippen molar-refractivity contribution in [3.63, 3.8) is 0 Å². The van der Waals surface area contributed by atoms with Gasteiger partial charge in [0.1, 0.15) is 18.5 Å². The summed E-state index contributed by atoms with van der Waals surface area (Å²) in [6.07, 6.45) is -0.529. The third-order valence-electron chi connectivity index (χ3n) is 4.74. The minimum atomic E-state index is -0.529. The molecule has 146 valence electrons. The summed E-state index contributed by atoms with van der Waals surface area (Å²) in [4.78, 5) is 4.73. The van der Waals surface area contributed by atoms with E-state index in [2.05, 4.69) is 34.1 Å². The molecule has 0 spiro atoms. The summed E-state index contributed by atoms with van der Waals surface area (Å²) in [5.74, 6) is 0.791. The fraction of sp³-hybridized carbons (Fsp3) is 0.455. The summed E-state index contributed by atoms with van der Waals surface area (Å²) >= 11 is 0. The van der Waals surface area contributed by atoms with Gasteiger partial charge >= 0.3 is 0 Å². The predicted octanol–water partition coefficient (Wildman–Crippen LogP) is 2.26. The van der Waals surface area contributed by atoms with Gasteiger partial charge in [0, 0.05) is 39.3 Å². The minimum Gasteiger partial charge on any atom is -0.491 e. The van der Waals surface area contributed by atoms with E-state index < -0.39 is 6.10 Å². The van der Waals surface area contributed by atoms with Crippen molar-refractivity contribution in [1.82, 2.24) is 9.80 Å². The van der Waals surface area contributed by atoms with Gasteiger partial charge in [-0.3, -0.25) is 9.80 Å². The van der Waals surface area contributed by atoms with Gasteiger partial charge in [0.2, 0.25) is 0 Å². The average molecular weight is 370 g/mol. The highest BCUT2D eigenvalue weighted by molar-refractivity contribution is 5.21. The molecule has 27 heavy (non-hydrogen) atoms. The number of rotatable bonds is 10. The Morgan fingerprint density at radius 3 is 2.37 bits per heavy atom. The maximum absolute atomic E-state index is 10.5. The molecule has 0 unspecified atom stereocenters. The molecule has 2 aromatic rings. The Morgan fingerprint density at radius 1 is 1.00 bits per heavy atom. The molecular formula is C22H30N2O3. The molecule has 5 nitrogen and oxygen atoms in total. The van der Waals surface area contributed by atoms with E-state index in [9.17, 15) is 5.11 Å². The number of aliphatic hydroxyl groups is 1. The van der Waals surface area contributed by atoms with E-state index in [1.54, 1.807) is 0 Å². The van der Waals surface area contributed by atoms with Crippen LogP contribution in [0.3, 0.4) is 0 Å². The molecule has 0 radical (unpaired) electrons. The molecule has 0 amide bonds.